The average molecular weight is 121 g/mol. The van der Waals surface area contributed by atoms with E-state index in [1.54, 1.807) is 0 Å². The summed E-state index contributed by atoms with van der Waals surface area (Å²) in [5.41, 5.74) is 0. The van der Waals surface area contributed by atoms with Gasteiger partial charge in [-0.2, -0.15) is 9.47 Å². The second-order valence-corrected chi connectivity index (χ2v) is 1.31. The van der Waals surface area contributed by atoms with Crippen molar-refractivity contribution in [2.75, 3.05) is 6.61 Å². The molecule has 0 aliphatic heterocycles. The summed E-state index contributed by atoms with van der Waals surface area (Å²) in [6.07, 6.45) is 0. The zero-order valence-corrected chi connectivity index (χ0v) is 4.14. The Morgan fingerprint density at radius 1 is 2.00 bits per heavy atom. The summed E-state index contributed by atoms with van der Waals surface area (Å²) in [5.74, 6) is 0. The van der Waals surface area contributed by atoms with E-state index in [2.05, 4.69) is 4.18 Å². The van der Waals surface area contributed by atoms with E-state index in [9.17, 15) is 4.21 Å². The maximum Gasteiger partial charge on any atom is 0.302 e. The molecule has 40 valence electrons. The van der Waals surface area contributed by atoms with Gasteiger partial charge in [0.05, 0.1) is 6.07 Å². The standard InChI is InChI=1S/C2H3NO3S/c3-1-2-6-7(4)5/h2H2,(H,4,5). The molecule has 0 amide bonds. The Balaban J connectivity index is 3.02. The van der Waals surface area contributed by atoms with Gasteiger partial charge in [0.1, 0.15) is 0 Å². The van der Waals surface area contributed by atoms with Crippen molar-refractivity contribution in [3.63, 3.8) is 0 Å². The van der Waals surface area contributed by atoms with Crippen LogP contribution >= 0.6 is 0 Å². The molecule has 1 atom stereocenters. The molecule has 0 bridgehead atoms. The van der Waals surface area contributed by atoms with Gasteiger partial charge >= 0.3 is 11.4 Å². The van der Waals surface area contributed by atoms with Crippen LogP contribution in [0.3, 0.4) is 0 Å². The first kappa shape index (κ1) is 6.56. The molecule has 1 unspecified atom stereocenters. The van der Waals surface area contributed by atoms with Gasteiger partial charge in [-0.1, -0.05) is 0 Å². The van der Waals surface area contributed by atoms with Crippen molar-refractivity contribution >= 4 is 11.4 Å². The molecule has 0 radical (unpaired) electrons. The van der Waals surface area contributed by atoms with Gasteiger partial charge in [-0.3, -0.25) is 8.74 Å². The van der Waals surface area contributed by atoms with Crippen molar-refractivity contribution in [2.45, 2.75) is 0 Å². The van der Waals surface area contributed by atoms with E-state index >= 15 is 0 Å². The number of rotatable bonds is 2. The number of nitriles is 1. The van der Waals surface area contributed by atoms with Gasteiger partial charge in [0.15, 0.2) is 6.61 Å². The van der Waals surface area contributed by atoms with Gasteiger partial charge in [0.25, 0.3) is 0 Å². The predicted octanol–water partition coefficient (Wildman–Crippen LogP) is -0.337. The van der Waals surface area contributed by atoms with Crippen LogP contribution in [0.2, 0.25) is 0 Å². The SMILES string of the molecule is N#CCOS(=O)O. The van der Waals surface area contributed by atoms with Crippen molar-refractivity contribution in [3.05, 3.63) is 0 Å². The molecule has 0 heterocycles. The van der Waals surface area contributed by atoms with Gasteiger partial charge < -0.3 is 0 Å². The topological polar surface area (TPSA) is 70.3 Å². The van der Waals surface area contributed by atoms with Crippen LogP contribution < -0.4 is 0 Å². The van der Waals surface area contributed by atoms with E-state index in [0.29, 0.717) is 0 Å². The minimum Gasteiger partial charge on any atom is -0.284 e. The van der Waals surface area contributed by atoms with E-state index in [4.69, 9.17) is 9.81 Å². The fraction of sp³-hybridized carbons (Fsp3) is 0.500. The number of hydrogen-bond donors (Lipinski definition) is 1. The van der Waals surface area contributed by atoms with Crippen LogP contribution in [0.4, 0.5) is 0 Å². The molecular weight excluding hydrogens is 118 g/mol. The third kappa shape index (κ3) is 5.56. The highest BCUT2D eigenvalue weighted by molar-refractivity contribution is 7.74. The molecule has 4 nitrogen and oxygen atoms in total. The van der Waals surface area contributed by atoms with Crippen LogP contribution in [0, 0.1) is 11.3 Å². The summed E-state index contributed by atoms with van der Waals surface area (Å²) in [4.78, 5) is 0. The Morgan fingerprint density at radius 2 is 2.57 bits per heavy atom. The molecule has 1 N–H and O–H groups in total. The summed E-state index contributed by atoms with van der Waals surface area (Å²) in [6, 6.07) is 1.52. The van der Waals surface area contributed by atoms with Crippen molar-refractivity contribution in [1.82, 2.24) is 0 Å². The van der Waals surface area contributed by atoms with Crippen LogP contribution in [-0.2, 0) is 15.5 Å². The van der Waals surface area contributed by atoms with Crippen LogP contribution in [0.1, 0.15) is 0 Å². The molecule has 0 aliphatic rings. The summed E-state index contributed by atoms with van der Waals surface area (Å²) in [6.45, 7) is -0.344. The number of hydrogen-bond acceptors (Lipinski definition) is 3. The van der Waals surface area contributed by atoms with E-state index in [1.807, 2.05) is 0 Å². The first-order valence-corrected chi connectivity index (χ1v) is 2.41. The van der Waals surface area contributed by atoms with Gasteiger partial charge in [-0.25, -0.2) is 0 Å². The molecule has 0 aliphatic carbocycles. The van der Waals surface area contributed by atoms with Crippen LogP contribution in [0.15, 0.2) is 0 Å². The molecule has 7 heavy (non-hydrogen) atoms. The van der Waals surface area contributed by atoms with Crippen molar-refractivity contribution in [3.8, 4) is 6.07 Å². The van der Waals surface area contributed by atoms with E-state index in [-0.39, 0.29) is 6.61 Å². The van der Waals surface area contributed by atoms with Gasteiger partial charge in [0.2, 0.25) is 0 Å². The molecule has 0 fully saturated rings. The van der Waals surface area contributed by atoms with Crippen molar-refractivity contribution in [1.29, 1.82) is 5.26 Å². The third-order valence-corrected chi connectivity index (χ3v) is 0.544. The summed E-state index contributed by atoms with van der Waals surface area (Å²) < 4.78 is 21.1. The lowest BCUT2D eigenvalue weighted by Crippen LogP contribution is -1.93. The largest absolute Gasteiger partial charge is 0.302 e. The Morgan fingerprint density at radius 3 is 2.71 bits per heavy atom. The van der Waals surface area contributed by atoms with Crippen LogP contribution in [0.5, 0.6) is 0 Å². The van der Waals surface area contributed by atoms with Gasteiger partial charge in [-0.15, -0.1) is 0 Å². The minimum atomic E-state index is -2.29. The van der Waals surface area contributed by atoms with Crippen molar-refractivity contribution < 1.29 is 12.9 Å². The quantitative estimate of drug-likeness (QED) is 0.507. The van der Waals surface area contributed by atoms with E-state index < -0.39 is 11.4 Å². The minimum absolute atomic E-state index is 0.344. The fourth-order valence-electron chi connectivity index (χ4n) is 0.0768. The Kier molecular flexibility index (Phi) is 3.50. The second kappa shape index (κ2) is 3.74. The van der Waals surface area contributed by atoms with Gasteiger partial charge in [-0.05, 0) is 0 Å². The van der Waals surface area contributed by atoms with Crippen LogP contribution in [-0.4, -0.2) is 15.4 Å². The smallest absolute Gasteiger partial charge is 0.284 e. The zero-order valence-electron chi connectivity index (χ0n) is 3.33. The third-order valence-electron chi connectivity index (χ3n) is 0.224. The molecule has 0 rings (SSSR count). The summed E-state index contributed by atoms with van der Waals surface area (Å²) >= 11 is -2.29. The highest BCUT2D eigenvalue weighted by atomic mass is 32.2. The molecule has 0 saturated heterocycles. The Bertz CT molecular complexity index is 106. The molecule has 5 heteroatoms. The maximum absolute atomic E-state index is 9.50. The van der Waals surface area contributed by atoms with Crippen molar-refractivity contribution in [2.24, 2.45) is 0 Å². The van der Waals surface area contributed by atoms with E-state index in [0.717, 1.165) is 0 Å². The predicted molar refractivity (Wildman–Crippen MR) is 22.3 cm³/mol. The summed E-state index contributed by atoms with van der Waals surface area (Å²) in [5, 5.41) is 7.69. The average Bonchev–Trinajstić information content (AvgIpc) is 1.61. The fourth-order valence-corrected chi connectivity index (χ4v) is 0.230. The first-order chi connectivity index (χ1) is 3.27. The maximum atomic E-state index is 9.50. The molecule has 0 saturated carbocycles. The Hall–Kier alpha value is -0.440. The molecular formula is C2H3NO3S. The molecule has 0 aromatic carbocycles. The lowest BCUT2D eigenvalue weighted by Gasteiger charge is -1.82. The monoisotopic (exact) mass is 121 g/mol. The first-order valence-electron chi connectivity index (χ1n) is 1.38. The lowest BCUT2D eigenvalue weighted by atomic mass is 10.9. The zero-order chi connectivity index (χ0) is 5.70. The summed E-state index contributed by atoms with van der Waals surface area (Å²) in [7, 11) is 0. The molecule has 0 spiro atoms. The molecule has 0 aromatic rings. The van der Waals surface area contributed by atoms with Gasteiger partial charge in [0, 0.05) is 0 Å². The Labute approximate surface area is 43.2 Å². The van der Waals surface area contributed by atoms with Crippen LogP contribution in [0.25, 0.3) is 0 Å². The normalized spacial score (nSPS) is 12.6. The highest BCUT2D eigenvalue weighted by Gasteiger charge is 1.86. The number of nitrogens with zero attached hydrogens (tertiary/aromatic N) is 1. The van der Waals surface area contributed by atoms with E-state index in [1.165, 1.54) is 6.07 Å². The molecule has 0 aromatic heterocycles. The highest BCUT2D eigenvalue weighted by Crippen LogP contribution is 1.73. The second-order valence-electron chi connectivity index (χ2n) is 0.637. The lowest BCUT2D eigenvalue weighted by molar-refractivity contribution is 0.346.